The van der Waals surface area contributed by atoms with E-state index in [4.69, 9.17) is 16.0 Å². The van der Waals surface area contributed by atoms with Crippen LogP contribution in [-0.2, 0) is 0 Å². The Morgan fingerprint density at radius 3 is 2.90 bits per heavy atom. The summed E-state index contributed by atoms with van der Waals surface area (Å²) >= 11 is 5.89. The summed E-state index contributed by atoms with van der Waals surface area (Å²) in [6, 6.07) is 10.5. The molecule has 2 aromatic carbocycles. The Morgan fingerprint density at radius 2 is 2.10 bits per heavy atom. The van der Waals surface area contributed by atoms with Gasteiger partial charge < -0.3 is 9.73 Å². The van der Waals surface area contributed by atoms with Crippen LogP contribution >= 0.6 is 11.6 Å². The molecule has 0 saturated carbocycles. The standard InChI is InChI=1S/C15H11ClN2O2/c1-9-6-11(16)3-5-12(9)18-15(19)10-2-4-13-14(7-10)20-8-17-13/h2-8H,1H3,(H,18,19). The number of amides is 1. The molecule has 0 atom stereocenters. The SMILES string of the molecule is Cc1cc(Cl)ccc1NC(=O)c1ccc2ncoc2c1. The van der Waals surface area contributed by atoms with Gasteiger partial charge in [-0.2, -0.15) is 0 Å². The number of carbonyl (C=O) groups excluding carboxylic acids is 1. The molecular weight excluding hydrogens is 276 g/mol. The van der Waals surface area contributed by atoms with E-state index in [1.807, 2.05) is 6.92 Å². The van der Waals surface area contributed by atoms with Crippen molar-refractivity contribution in [1.82, 2.24) is 4.98 Å². The number of nitrogens with one attached hydrogen (secondary N) is 1. The van der Waals surface area contributed by atoms with Crippen LogP contribution < -0.4 is 5.32 Å². The van der Waals surface area contributed by atoms with Gasteiger partial charge >= 0.3 is 0 Å². The Morgan fingerprint density at radius 1 is 1.25 bits per heavy atom. The lowest BCUT2D eigenvalue weighted by molar-refractivity contribution is 0.102. The molecule has 3 aromatic rings. The van der Waals surface area contributed by atoms with Gasteiger partial charge in [0.1, 0.15) is 5.52 Å². The number of carbonyl (C=O) groups is 1. The fraction of sp³-hybridized carbons (Fsp3) is 0.0667. The molecular formula is C15H11ClN2O2. The third-order valence-corrected chi connectivity index (χ3v) is 3.27. The number of hydrogen-bond acceptors (Lipinski definition) is 3. The first kappa shape index (κ1) is 12.7. The molecule has 4 nitrogen and oxygen atoms in total. The average Bonchev–Trinajstić information content (AvgIpc) is 2.89. The summed E-state index contributed by atoms with van der Waals surface area (Å²) in [5, 5.41) is 3.49. The maximum Gasteiger partial charge on any atom is 0.255 e. The second-order valence-electron chi connectivity index (χ2n) is 4.45. The highest BCUT2D eigenvalue weighted by Crippen LogP contribution is 2.21. The van der Waals surface area contributed by atoms with Crippen LogP contribution in [0.3, 0.4) is 0 Å². The topological polar surface area (TPSA) is 55.1 Å². The second kappa shape index (κ2) is 4.98. The molecule has 0 bridgehead atoms. The van der Waals surface area contributed by atoms with Gasteiger partial charge in [-0.1, -0.05) is 11.6 Å². The average molecular weight is 287 g/mol. The van der Waals surface area contributed by atoms with E-state index in [1.54, 1.807) is 36.4 Å². The number of aromatic nitrogens is 1. The zero-order valence-electron chi connectivity index (χ0n) is 10.7. The van der Waals surface area contributed by atoms with Crippen molar-refractivity contribution in [3.63, 3.8) is 0 Å². The Labute approximate surface area is 120 Å². The third-order valence-electron chi connectivity index (χ3n) is 3.03. The predicted octanol–water partition coefficient (Wildman–Crippen LogP) is 4.04. The quantitative estimate of drug-likeness (QED) is 0.773. The number of nitrogens with zero attached hydrogens (tertiary/aromatic N) is 1. The number of fused-ring (bicyclic) bond motifs is 1. The summed E-state index contributed by atoms with van der Waals surface area (Å²) in [7, 11) is 0. The monoisotopic (exact) mass is 286 g/mol. The molecule has 0 fully saturated rings. The van der Waals surface area contributed by atoms with Crippen LogP contribution in [0.1, 0.15) is 15.9 Å². The summed E-state index contributed by atoms with van der Waals surface area (Å²) < 4.78 is 5.19. The van der Waals surface area contributed by atoms with E-state index in [2.05, 4.69) is 10.3 Å². The van der Waals surface area contributed by atoms with E-state index in [0.29, 0.717) is 16.2 Å². The molecule has 20 heavy (non-hydrogen) atoms. The van der Waals surface area contributed by atoms with Crippen molar-refractivity contribution < 1.29 is 9.21 Å². The lowest BCUT2D eigenvalue weighted by Gasteiger charge is -2.08. The first-order chi connectivity index (χ1) is 9.63. The number of hydrogen-bond donors (Lipinski definition) is 1. The molecule has 0 spiro atoms. The smallest absolute Gasteiger partial charge is 0.255 e. The van der Waals surface area contributed by atoms with E-state index in [0.717, 1.165) is 16.8 Å². The van der Waals surface area contributed by atoms with Crippen molar-refractivity contribution in [1.29, 1.82) is 0 Å². The predicted molar refractivity (Wildman–Crippen MR) is 78.2 cm³/mol. The molecule has 0 aliphatic rings. The van der Waals surface area contributed by atoms with Crippen molar-refractivity contribution >= 4 is 34.3 Å². The van der Waals surface area contributed by atoms with Crippen LogP contribution in [0.2, 0.25) is 5.02 Å². The molecule has 0 radical (unpaired) electrons. The number of halogens is 1. The normalized spacial score (nSPS) is 10.7. The number of aryl methyl sites for hydroxylation is 1. The van der Waals surface area contributed by atoms with E-state index >= 15 is 0 Å². The van der Waals surface area contributed by atoms with E-state index in [9.17, 15) is 4.79 Å². The van der Waals surface area contributed by atoms with Crippen molar-refractivity contribution in [2.45, 2.75) is 6.92 Å². The van der Waals surface area contributed by atoms with E-state index in [1.165, 1.54) is 6.39 Å². The minimum Gasteiger partial charge on any atom is -0.443 e. The van der Waals surface area contributed by atoms with Gasteiger partial charge in [0.15, 0.2) is 12.0 Å². The van der Waals surface area contributed by atoms with Gasteiger partial charge in [-0.25, -0.2) is 4.98 Å². The van der Waals surface area contributed by atoms with Crippen LogP contribution in [0.15, 0.2) is 47.2 Å². The summed E-state index contributed by atoms with van der Waals surface area (Å²) in [6.45, 7) is 1.89. The van der Waals surface area contributed by atoms with Gasteiger partial charge in [-0.15, -0.1) is 0 Å². The summed E-state index contributed by atoms with van der Waals surface area (Å²) in [6.07, 6.45) is 1.36. The zero-order valence-corrected chi connectivity index (χ0v) is 11.4. The lowest BCUT2D eigenvalue weighted by atomic mass is 10.1. The van der Waals surface area contributed by atoms with Crippen LogP contribution in [-0.4, -0.2) is 10.9 Å². The molecule has 3 rings (SSSR count). The number of anilines is 1. The first-order valence-electron chi connectivity index (χ1n) is 6.04. The number of oxazole rings is 1. The van der Waals surface area contributed by atoms with Gasteiger partial charge in [0.2, 0.25) is 0 Å². The van der Waals surface area contributed by atoms with Gasteiger partial charge in [-0.05, 0) is 48.9 Å². The molecule has 0 aliphatic carbocycles. The molecule has 0 saturated heterocycles. The lowest BCUT2D eigenvalue weighted by Crippen LogP contribution is -2.12. The van der Waals surface area contributed by atoms with E-state index < -0.39 is 0 Å². The molecule has 1 N–H and O–H groups in total. The second-order valence-corrected chi connectivity index (χ2v) is 4.88. The first-order valence-corrected chi connectivity index (χ1v) is 6.42. The fourth-order valence-electron chi connectivity index (χ4n) is 1.96. The molecule has 1 aromatic heterocycles. The van der Waals surface area contributed by atoms with Crippen LogP contribution in [0, 0.1) is 6.92 Å². The highest BCUT2D eigenvalue weighted by atomic mass is 35.5. The molecule has 100 valence electrons. The maximum absolute atomic E-state index is 12.2. The van der Waals surface area contributed by atoms with Gasteiger partial charge in [0.05, 0.1) is 0 Å². The molecule has 1 heterocycles. The van der Waals surface area contributed by atoms with Crippen LogP contribution in [0.4, 0.5) is 5.69 Å². The van der Waals surface area contributed by atoms with Gasteiger partial charge in [0.25, 0.3) is 5.91 Å². The van der Waals surface area contributed by atoms with Crippen molar-refractivity contribution in [3.8, 4) is 0 Å². The Balaban J connectivity index is 1.88. The summed E-state index contributed by atoms with van der Waals surface area (Å²) in [4.78, 5) is 16.2. The molecule has 0 aliphatic heterocycles. The van der Waals surface area contributed by atoms with E-state index in [-0.39, 0.29) is 5.91 Å². The van der Waals surface area contributed by atoms with Crippen LogP contribution in [0.5, 0.6) is 0 Å². The maximum atomic E-state index is 12.2. The Hall–Kier alpha value is -2.33. The molecule has 1 amide bonds. The fourth-order valence-corrected chi connectivity index (χ4v) is 2.18. The van der Waals surface area contributed by atoms with Crippen molar-refractivity contribution in [2.24, 2.45) is 0 Å². The van der Waals surface area contributed by atoms with Crippen molar-refractivity contribution in [2.75, 3.05) is 5.32 Å². The van der Waals surface area contributed by atoms with Crippen molar-refractivity contribution in [3.05, 3.63) is 58.9 Å². The van der Waals surface area contributed by atoms with Gasteiger partial charge in [-0.3, -0.25) is 4.79 Å². The summed E-state index contributed by atoms with van der Waals surface area (Å²) in [5.41, 5.74) is 3.47. The summed E-state index contributed by atoms with van der Waals surface area (Å²) in [5.74, 6) is -0.200. The highest BCUT2D eigenvalue weighted by molar-refractivity contribution is 6.30. The molecule has 0 unspecified atom stereocenters. The Kier molecular flexibility index (Phi) is 3.16. The minimum absolute atomic E-state index is 0.200. The largest absolute Gasteiger partial charge is 0.443 e. The van der Waals surface area contributed by atoms with Crippen LogP contribution in [0.25, 0.3) is 11.1 Å². The van der Waals surface area contributed by atoms with Gasteiger partial charge in [0, 0.05) is 16.3 Å². The Bertz CT molecular complexity index is 795. The third kappa shape index (κ3) is 2.38. The highest BCUT2D eigenvalue weighted by Gasteiger charge is 2.10. The molecule has 5 heteroatoms. The minimum atomic E-state index is -0.200. The number of rotatable bonds is 2. The number of benzene rings is 2. The zero-order chi connectivity index (χ0) is 14.1.